The van der Waals surface area contributed by atoms with Crippen molar-refractivity contribution < 1.29 is 4.79 Å². The van der Waals surface area contributed by atoms with Crippen molar-refractivity contribution in [3.63, 3.8) is 0 Å². The molecule has 0 unspecified atom stereocenters. The molecule has 0 spiro atoms. The largest absolute Gasteiger partial charge is 0.347 e. The van der Waals surface area contributed by atoms with E-state index in [0.29, 0.717) is 12.1 Å². The molecule has 3 nitrogen and oxygen atoms in total. The van der Waals surface area contributed by atoms with Gasteiger partial charge in [-0.2, -0.15) is 0 Å². The fraction of sp³-hybridized carbons (Fsp3) is 0.500. The lowest BCUT2D eigenvalue weighted by atomic mass is 9.89. The van der Waals surface area contributed by atoms with Crippen LogP contribution >= 0.6 is 0 Å². The molecule has 0 saturated carbocycles. The van der Waals surface area contributed by atoms with Gasteiger partial charge in [-0.15, -0.1) is 0 Å². The van der Waals surface area contributed by atoms with E-state index in [1.54, 1.807) is 0 Å². The van der Waals surface area contributed by atoms with E-state index in [0.717, 1.165) is 30.4 Å². The number of amides is 1. The highest BCUT2D eigenvalue weighted by atomic mass is 16.1. The molecule has 3 N–H and O–H groups in total. The van der Waals surface area contributed by atoms with Crippen molar-refractivity contribution in [2.24, 2.45) is 5.73 Å². The minimum atomic E-state index is -0.108. The quantitative estimate of drug-likeness (QED) is 0.818. The van der Waals surface area contributed by atoms with Crippen LogP contribution in [0.5, 0.6) is 0 Å². The summed E-state index contributed by atoms with van der Waals surface area (Å²) >= 11 is 0. The van der Waals surface area contributed by atoms with E-state index in [2.05, 4.69) is 37.9 Å². The highest BCUT2D eigenvalue weighted by Crippen LogP contribution is 2.20. The molecule has 0 saturated heterocycles. The summed E-state index contributed by atoms with van der Waals surface area (Å²) < 4.78 is 0. The Morgan fingerprint density at radius 1 is 1.24 bits per heavy atom. The van der Waals surface area contributed by atoms with Crippen molar-refractivity contribution in [1.82, 2.24) is 5.32 Å². The number of hydrogen-bond acceptors (Lipinski definition) is 2. The predicted molar refractivity (Wildman–Crippen MR) is 88.2 cm³/mol. The first kappa shape index (κ1) is 17.3. The third kappa shape index (κ3) is 4.34. The molecule has 0 aromatic heterocycles. The Balaban J connectivity index is 2.96. The number of nitrogens with two attached hydrogens (primary N) is 1. The predicted octanol–water partition coefficient (Wildman–Crippen LogP) is 3.00. The van der Waals surface area contributed by atoms with Gasteiger partial charge in [0.2, 0.25) is 0 Å². The molecule has 0 aliphatic heterocycles. The maximum Gasteiger partial charge on any atom is 0.251 e. The monoisotopic (exact) mass is 286 g/mol. The number of rotatable bonds is 5. The number of benzene rings is 1. The van der Waals surface area contributed by atoms with Gasteiger partial charge in [0.15, 0.2) is 0 Å². The zero-order valence-corrected chi connectivity index (χ0v) is 13.5. The molecule has 1 amide bonds. The SMILES string of the molecule is CCC(CC)(CC)NC(=O)c1ccc(C#CCN)c(C)c1. The molecular formula is C18H26N2O. The van der Waals surface area contributed by atoms with Crippen LogP contribution in [0, 0.1) is 18.8 Å². The number of nitrogens with one attached hydrogen (secondary N) is 1. The van der Waals surface area contributed by atoms with Crippen LogP contribution in [0.3, 0.4) is 0 Å². The van der Waals surface area contributed by atoms with Gasteiger partial charge in [-0.1, -0.05) is 32.6 Å². The first-order valence-corrected chi connectivity index (χ1v) is 7.64. The summed E-state index contributed by atoms with van der Waals surface area (Å²) in [5, 5.41) is 3.19. The van der Waals surface area contributed by atoms with Crippen LogP contribution in [0.15, 0.2) is 18.2 Å². The molecule has 114 valence electrons. The summed E-state index contributed by atoms with van der Waals surface area (Å²) in [5.41, 5.74) is 7.88. The summed E-state index contributed by atoms with van der Waals surface area (Å²) in [6, 6.07) is 5.61. The maximum atomic E-state index is 12.4. The molecule has 1 aromatic carbocycles. The van der Waals surface area contributed by atoms with Gasteiger partial charge in [0, 0.05) is 16.7 Å². The minimum Gasteiger partial charge on any atom is -0.347 e. The zero-order chi connectivity index (χ0) is 15.9. The van der Waals surface area contributed by atoms with Crippen molar-refractivity contribution in [2.45, 2.75) is 52.5 Å². The molecule has 0 heterocycles. The molecular weight excluding hydrogens is 260 g/mol. The van der Waals surface area contributed by atoms with E-state index < -0.39 is 0 Å². The van der Waals surface area contributed by atoms with Gasteiger partial charge in [-0.3, -0.25) is 4.79 Å². The third-order valence-corrected chi connectivity index (χ3v) is 4.22. The lowest BCUT2D eigenvalue weighted by Crippen LogP contribution is -2.47. The molecule has 0 radical (unpaired) electrons. The highest BCUT2D eigenvalue weighted by Gasteiger charge is 2.26. The number of carbonyl (C=O) groups is 1. The smallest absolute Gasteiger partial charge is 0.251 e. The van der Waals surface area contributed by atoms with Crippen molar-refractivity contribution in [3.8, 4) is 11.8 Å². The molecule has 0 bridgehead atoms. The lowest BCUT2D eigenvalue weighted by Gasteiger charge is -2.31. The molecule has 0 atom stereocenters. The summed E-state index contributed by atoms with van der Waals surface area (Å²) in [6.07, 6.45) is 2.81. The summed E-state index contributed by atoms with van der Waals surface area (Å²) in [7, 11) is 0. The minimum absolute atomic E-state index is 0.0121. The average molecular weight is 286 g/mol. The molecule has 21 heavy (non-hydrogen) atoms. The van der Waals surface area contributed by atoms with Gasteiger partial charge < -0.3 is 11.1 Å². The van der Waals surface area contributed by atoms with Crippen LogP contribution in [0.2, 0.25) is 0 Å². The van der Waals surface area contributed by atoms with Crippen LogP contribution in [0.25, 0.3) is 0 Å². The fourth-order valence-electron chi connectivity index (χ4n) is 2.42. The van der Waals surface area contributed by atoms with Crippen LogP contribution in [0.1, 0.15) is 61.5 Å². The Bertz CT molecular complexity index is 540. The summed E-state index contributed by atoms with van der Waals surface area (Å²) in [6.45, 7) is 8.65. The first-order valence-electron chi connectivity index (χ1n) is 7.64. The highest BCUT2D eigenvalue weighted by molar-refractivity contribution is 5.95. The molecule has 3 heteroatoms. The maximum absolute atomic E-state index is 12.4. The molecule has 1 rings (SSSR count). The standard InChI is InChI=1S/C18H26N2O/c1-5-18(6-2,7-3)20-17(21)16-11-10-15(9-8-12-19)14(4)13-16/h10-11,13H,5-7,12,19H2,1-4H3,(H,20,21). The first-order chi connectivity index (χ1) is 10.0. The fourth-order valence-corrected chi connectivity index (χ4v) is 2.42. The Hall–Kier alpha value is -1.79. The van der Waals surface area contributed by atoms with E-state index in [-0.39, 0.29) is 11.4 Å². The average Bonchev–Trinajstić information content (AvgIpc) is 2.51. The van der Waals surface area contributed by atoms with Gasteiger partial charge in [0.05, 0.1) is 6.54 Å². The molecule has 0 aliphatic carbocycles. The Morgan fingerprint density at radius 2 is 1.86 bits per heavy atom. The van der Waals surface area contributed by atoms with Gasteiger partial charge in [-0.25, -0.2) is 0 Å². The number of aryl methyl sites for hydroxylation is 1. The van der Waals surface area contributed by atoms with E-state index in [1.807, 2.05) is 25.1 Å². The van der Waals surface area contributed by atoms with Crippen LogP contribution in [-0.4, -0.2) is 18.0 Å². The second kappa shape index (κ2) is 7.85. The zero-order valence-electron chi connectivity index (χ0n) is 13.5. The van der Waals surface area contributed by atoms with Crippen LogP contribution < -0.4 is 11.1 Å². The lowest BCUT2D eigenvalue weighted by molar-refractivity contribution is 0.0888. The van der Waals surface area contributed by atoms with Gasteiger partial charge in [-0.05, 0) is 49.9 Å². The van der Waals surface area contributed by atoms with Crippen molar-refractivity contribution in [2.75, 3.05) is 6.54 Å². The molecule has 0 aliphatic rings. The van der Waals surface area contributed by atoms with E-state index >= 15 is 0 Å². The Labute approximate surface area is 128 Å². The van der Waals surface area contributed by atoms with Crippen molar-refractivity contribution in [3.05, 3.63) is 34.9 Å². The second-order valence-electron chi connectivity index (χ2n) is 5.33. The second-order valence-corrected chi connectivity index (χ2v) is 5.33. The van der Waals surface area contributed by atoms with Gasteiger partial charge in [0.25, 0.3) is 5.91 Å². The molecule has 1 aromatic rings. The Morgan fingerprint density at radius 3 is 2.33 bits per heavy atom. The third-order valence-electron chi connectivity index (χ3n) is 4.22. The number of hydrogen-bond donors (Lipinski definition) is 2. The molecule has 0 fully saturated rings. The summed E-state index contributed by atoms with van der Waals surface area (Å²) in [4.78, 5) is 12.4. The van der Waals surface area contributed by atoms with E-state index in [9.17, 15) is 4.79 Å². The topological polar surface area (TPSA) is 55.1 Å². The van der Waals surface area contributed by atoms with Crippen molar-refractivity contribution >= 4 is 5.91 Å². The van der Waals surface area contributed by atoms with Gasteiger partial charge in [0.1, 0.15) is 0 Å². The van der Waals surface area contributed by atoms with E-state index in [4.69, 9.17) is 5.73 Å². The number of carbonyl (C=O) groups excluding carboxylic acids is 1. The summed E-state index contributed by atoms with van der Waals surface area (Å²) in [5.74, 6) is 5.84. The van der Waals surface area contributed by atoms with Crippen molar-refractivity contribution in [1.29, 1.82) is 0 Å². The van der Waals surface area contributed by atoms with E-state index in [1.165, 1.54) is 0 Å². The normalized spacial score (nSPS) is 10.7. The Kier molecular flexibility index (Phi) is 6.45. The van der Waals surface area contributed by atoms with Gasteiger partial charge >= 0.3 is 0 Å². The van der Waals surface area contributed by atoms with Crippen LogP contribution in [-0.2, 0) is 0 Å². The van der Waals surface area contributed by atoms with Crippen LogP contribution in [0.4, 0.5) is 0 Å².